The lowest BCUT2D eigenvalue weighted by atomic mass is 10.1. The van der Waals surface area contributed by atoms with Crippen LogP contribution in [0.5, 0.6) is 0 Å². The summed E-state index contributed by atoms with van der Waals surface area (Å²) in [6, 6.07) is 17.4. The summed E-state index contributed by atoms with van der Waals surface area (Å²) in [7, 11) is -3.85. The van der Waals surface area contributed by atoms with Crippen molar-refractivity contribution in [1.29, 1.82) is 0 Å². The van der Waals surface area contributed by atoms with E-state index in [9.17, 15) is 17.6 Å². The zero-order valence-corrected chi connectivity index (χ0v) is 18.4. The number of nitrogens with one attached hydrogen (secondary N) is 1. The Morgan fingerprint density at radius 1 is 1.00 bits per heavy atom. The number of carbonyl (C=O) groups is 1. The number of hydrogen-bond donors (Lipinski definition) is 1. The molecule has 0 saturated heterocycles. The molecule has 5 nitrogen and oxygen atoms in total. The number of rotatable bonds is 8. The lowest BCUT2D eigenvalue weighted by molar-refractivity contribution is 0.0492. The van der Waals surface area contributed by atoms with Crippen molar-refractivity contribution in [2.45, 2.75) is 17.4 Å². The molecule has 3 rings (SSSR count). The molecule has 3 aromatic carbocycles. The van der Waals surface area contributed by atoms with Crippen LogP contribution in [-0.4, -0.2) is 21.0 Å². The van der Waals surface area contributed by atoms with Crippen LogP contribution in [0.4, 0.5) is 4.39 Å². The van der Waals surface area contributed by atoms with E-state index in [0.29, 0.717) is 10.6 Å². The Morgan fingerprint density at radius 3 is 2.32 bits per heavy atom. The van der Waals surface area contributed by atoms with Crippen LogP contribution in [-0.2, 0) is 14.8 Å². The van der Waals surface area contributed by atoms with Crippen LogP contribution in [0.2, 0.25) is 10.0 Å². The molecule has 0 heterocycles. The number of carbonyl (C=O) groups excluding carboxylic acids is 1. The van der Waals surface area contributed by atoms with Crippen LogP contribution in [0.25, 0.3) is 0 Å². The first kappa shape index (κ1) is 23.2. The minimum atomic E-state index is -3.85. The van der Waals surface area contributed by atoms with Gasteiger partial charge in [0.15, 0.2) is 0 Å². The lowest BCUT2D eigenvalue weighted by Gasteiger charge is -2.19. The normalized spacial score (nSPS) is 12.4. The molecule has 0 radical (unpaired) electrons. The van der Waals surface area contributed by atoms with Crippen molar-refractivity contribution in [3.05, 3.63) is 99.8 Å². The molecule has 0 aliphatic heterocycles. The molecule has 162 valence electrons. The van der Waals surface area contributed by atoms with E-state index >= 15 is 0 Å². The Hall–Kier alpha value is -2.45. The van der Waals surface area contributed by atoms with E-state index in [1.165, 1.54) is 30.3 Å². The molecule has 0 aliphatic carbocycles. The van der Waals surface area contributed by atoms with Crippen LogP contribution in [0, 0.1) is 5.82 Å². The SMILES string of the molecule is O=C(OCC[C@H](NS(=O)(=O)c1ccc(Cl)cc1)c1ccccc1)c1ccc(F)cc1Cl. The third kappa shape index (κ3) is 6.27. The van der Waals surface area contributed by atoms with Crippen molar-refractivity contribution < 1.29 is 22.3 Å². The molecule has 3 aromatic rings. The van der Waals surface area contributed by atoms with E-state index in [1.807, 2.05) is 6.07 Å². The molecule has 0 aromatic heterocycles. The van der Waals surface area contributed by atoms with Crippen molar-refractivity contribution in [1.82, 2.24) is 4.72 Å². The van der Waals surface area contributed by atoms with Crippen LogP contribution < -0.4 is 4.72 Å². The number of hydrogen-bond acceptors (Lipinski definition) is 4. The summed E-state index contributed by atoms with van der Waals surface area (Å²) < 4.78 is 46.7. The summed E-state index contributed by atoms with van der Waals surface area (Å²) in [6.07, 6.45) is 0.168. The van der Waals surface area contributed by atoms with E-state index in [2.05, 4.69) is 4.72 Å². The van der Waals surface area contributed by atoms with Crippen molar-refractivity contribution in [2.24, 2.45) is 0 Å². The molecular formula is C22H18Cl2FNO4S. The fourth-order valence-corrected chi connectivity index (χ4v) is 4.48. The Morgan fingerprint density at radius 2 is 1.68 bits per heavy atom. The zero-order valence-electron chi connectivity index (χ0n) is 16.1. The Labute approximate surface area is 189 Å². The Bertz CT molecular complexity index is 1160. The molecular weight excluding hydrogens is 464 g/mol. The van der Waals surface area contributed by atoms with Gasteiger partial charge in [0.2, 0.25) is 10.0 Å². The van der Waals surface area contributed by atoms with Gasteiger partial charge < -0.3 is 4.74 Å². The van der Waals surface area contributed by atoms with E-state index in [1.54, 1.807) is 24.3 Å². The second-order valence-corrected chi connectivity index (χ2v) is 9.14. The summed E-state index contributed by atoms with van der Waals surface area (Å²) in [4.78, 5) is 12.3. The number of sulfonamides is 1. The highest BCUT2D eigenvalue weighted by Gasteiger charge is 2.22. The molecule has 0 spiro atoms. The van der Waals surface area contributed by atoms with Gasteiger partial charge in [0, 0.05) is 11.4 Å². The van der Waals surface area contributed by atoms with Gasteiger partial charge >= 0.3 is 5.97 Å². The van der Waals surface area contributed by atoms with Gasteiger partial charge in [-0.05, 0) is 48.0 Å². The van der Waals surface area contributed by atoms with Gasteiger partial charge in [-0.3, -0.25) is 0 Å². The molecule has 0 aliphatic rings. The third-order valence-corrected chi connectivity index (χ3v) is 6.47. The lowest BCUT2D eigenvalue weighted by Crippen LogP contribution is -2.29. The average molecular weight is 482 g/mol. The number of halogens is 3. The third-order valence-electron chi connectivity index (χ3n) is 4.41. The topological polar surface area (TPSA) is 72.5 Å². The van der Waals surface area contributed by atoms with Gasteiger partial charge in [-0.2, -0.15) is 0 Å². The highest BCUT2D eigenvalue weighted by Crippen LogP contribution is 2.23. The first-order chi connectivity index (χ1) is 14.8. The minimum Gasteiger partial charge on any atom is -0.462 e. The minimum absolute atomic E-state index is 0.0288. The molecule has 0 fully saturated rings. The van der Waals surface area contributed by atoms with Gasteiger partial charge in [-0.25, -0.2) is 22.3 Å². The molecule has 0 saturated carbocycles. The maximum atomic E-state index is 13.2. The van der Waals surface area contributed by atoms with E-state index in [4.69, 9.17) is 27.9 Å². The maximum Gasteiger partial charge on any atom is 0.339 e. The highest BCUT2D eigenvalue weighted by atomic mass is 35.5. The maximum absolute atomic E-state index is 13.2. The van der Waals surface area contributed by atoms with Crippen molar-refractivity contribution >= 4 is 39.2 Å². The summed E-state index contributed by atoms with van der Waals surface area (Å²) in [5.74, 6) is -1.29. The largest absolute Gasteiger partial charge is 0.462 e. The first-order valence-electron chi connectivity index (χ1n) is 9.21. The first-order valence-corrected chi connectivity index (χ1v) is 11.5. The predicted octanol–water partition coefficient (Wildman–Crippen LogP) is 5.40. The molecule has 31 heavy (non-hydrogen) atoms. The van der Waals surface area contributed by atoms with Gasteiger partial charge in [-0.1, -0.05) is 53.5 Å². The van der Waals surface area contributed by atoms with Crippen LogP contribution in [0.15, 0.2) is 77.7 Å². The van der Waals surface area contributed by atoms with Gasteiger partial charge in [0.25, 0.3) is 0 Å². The van der Waals surface area contributed by atoms with E-state index < -0.39 is 27.9 Å². The molecule has 9 heteroatoms. The van der Waals surface area contributed by atoms with E-state index in [-0.39, 0.29) is 28.5 Å². The standard InChI is InChI=1S/C22H18Cl2FNO4S/c23-16-6-9-18(10-7-16)31(28,29)26-21(15-4-2-1-3-5-15)12-13-30-22(27)19-11-8-17(25)14-20(19)24/h1-11,14,21,26H,12-13H2/t21-/m0/s1. The van der Waals surface area contributed by atoms with Crippen molar-refractivity contribution in [3.63, 3.8) is 0 Å². The van der Waals surface area contributed by atoms with Crippen LogP contribution >= 0.6 is 23.2 Å². The summed E-state index contributed by atoms with van der Waals surface area (Å²) in [5.41, 5.74) is 0.733. The molecule has 0 unspecified atom stereocenters. The summed E-state index contributed by atoms with van der Waals surface area (Å²) >= 11 is 11.7. The molecule has 1 N–H and O–H groups in total. The smallest absolute Gasteiger partial charge is 0.339 e. The fraction of sp³-hybridized carbons (Fsp3) is 0.136. The number of esters is 1. The molecule has 0 bridgehead atoms. The van der Waals surface area contributed by atoms with Gasteiger partial charge in [0.05, 0.1) is 28.1 Å². The fourth-order valence-electron chi connectivity index (χ4n) is 2.85. The second kappa shape index (κ2) is 10.2. The predicted molar refractivity (Wildman–Crippen MR) is 117 cm³/mol. The molecule has 0 amide bonds. The van der Waals surface area contributed by atoms with Gasteiger partial charge in [0.1, 0.15) is 5.82 Å². The Kier molecular flexibility index (Phi) is 7.67. The monoisotopic (exact) mass is 481 g/mol. The quantitative estimate of drug-likeness (QED) is 0.437. The second-order valence-electron chi connectivity index (χ2n) is 6.59. The van der Waals surface area contributed by atoms with Crippen LogP contribution in [0.3, 0.4) is 0 Å². The molecule has 1 atom stereocenters. The zero-order chi connectivity index (χ0) is 22.4. The number of benzene rings is 3. The van der Waals surface area contributed by atoms with Crippen molar-refractivity contribution in [2.75, 3.05) is 6.61 Å². The Balaban J connectivity index is 1.72. The highest BCUT2D eigenvalue weighted by molar-refractivity contribution is 7.89. The van der Waals surface area contributed by atoms with Crippen molar-refractivity contribution in [3.8, 4) is 0 Å². The van der Waals surface area contributed by atoms with Crippen LogP contribution in [0.1, 0.15) is 28.4 Å². The van der Waals surface area contributed by atoms with Gasteiger partial charge in [-0.15, -0.1) is 0 Å². The summed E-state index contributed by atoms with van der Waals surface area (Å²) in [5, 5.41) is 0.359. The summed E-state index contributed by atoms with van der Waals surface area (Å²) in [6.45, 7) is -0.0881. The number of ether oxygens (including phenoxy) is 1. The average Bonchev–Trinajstić information content (AvgIpc) is 2.73. The van der Waals surface area contributed by atoms with E-state index in [0.717, 1.165) is 12.1 Å².